The van der Waals surface area contributed by atoms with E-state index in [0.717, 1.165) is 25.0 Å². The van der Waals surface area contributed by atoms with Gasteiger partial charge in [0.2, 0.25) is 0 Å². The van der Waals surface area contributed by atoms with Gasteiger partial charge < -0.3 is 4.74 Å². The lowest BCUT2D eigenvalue weighted by Gasteiger charge is -2.31. The molecule has 0 spiro atoms. The summed E-state index contributed by atoms with van der Waals surface area (Å²) in [5.41, 5.74) is -0.0716. The minimum Gasteiger partial charge on any atom is -0.373 e. The van der Waals surface area contributed by atoms with E-state index >= 15 is 0 Å². The summed E-state index contributed by atoms with van der Waals surface area (Å²) in [4.78, 5) is 0. The Kier molecular flexibility index (Phi) is 4.17. The maximum atomic E-state index is 12.6. The first-order valence-electron chi connectivity index (χ1n) is 5.87. The zero-order valence-electron chi connectivity index (χ0n) is 9.71. The highest BCUT2D eigenvalue weighted by atomic mass is 35.5. The number of ether oxygens (including phenoxy) is 1. The molecule has 5 heteroatoms. The Labute approximate surface area is 109 Å². The minimum atomic E-state index is -4.32. The molecule has 1 fully saturated rings. The Bertz CT molecular complexity index is 405. The molecule has 1 aliphatic rings. The average Bonchev–Trinajstić information content (AvgIpc) is 2.38. The zero-order chi connectivity index (χ0) is 13.2. The van der Waals surface area contributed by atoms with Crippen molar-refractivity contribution in [1.29, 1.82) is 0 Å². The first-order valence-corrected chi connectivity index (χ1v) is 6.40. The van der Waals surface area contributed by atoms with Crippen molar-refractivity contribution < 1.29 is 17.9 Å². The zero-order valence-corrected chi connectivity index (χ0v) is 10.5. The lowest BCUT2D eigenvalue weighted by molar-refractivity contribution is -0.137. The van der Waals surface area contributed by atoms with E-state index in [1.165, 1.54) is 6.07 Å². The molecular weight excluding hydrogens is 265 g/mol. The first-order chi connectivity index (χ1) is 8.52. The van der Waals surface area contributed by atoms with Crippen LogP contribution in [0, 0.1) is 5.92 Å². The third-order valence-electron chi connectivity index (χ3n) is 3.19. The minimum absolute atomic E-state index is 0.0869. The lowest BCUT2D eigenvalue weighted by atomic mass is 9.90. The molecule has 18 heavy (non-hydrogen) atoms. The van der Waals surface area contributed by atoms with Gasteiger partial charge in [-0.15, -0.1) is 11.6 Å². The summed E-state index contributed by atoms with van der Waals surface area (Å²) in [6.07, 6.45) is -2.84. The van der Waals surface area contributed by atoms with Crippen molar-refractivity contribution in [2.75, 3.05) is 12.5 Å². The number of hydrogen-bond donors (Lipinski definition) is 0. The third-order valence-corrected chi connectivity index (χ3v) is 3.58. The Morgan fingerprint density at radius 1 is 1.33 bits per heavy atom. The molecule has 2 rings (SSSR count). The van der Waals surface area contributed by atoms with Gasteiger partial charge in [0.1, 0.15) is 0 Å². The van der Waals surface area contributed by atoms with Gasteiger partial charge >= 0.3 is 6.18 Å². The Morgan fingerprint density at radius 2 is 2.11 bits per heavy atom. The van der Waals surface area contributed by atoms with Crippen LogP contribution in [0.4, 0.5) is 13.2 Å². The highest BCUT2D eigenvalue weighted by molar-refractivity contribution is 6.18. The van der Waals surface area contributed by atoms with Crippen LogP contribution in [-0.2, 0) is 10.9 Å². The molecule has 0 aliphatic carbocycles. The van der Waals surface area contributed by atoms with Crippen molar-refractivity contribution in [2.45, 2.75) is 25.1 Å². The van der Waals surface area contributed by atoms with Crippen LogP contribution in [-0.4, -0.2) is 12.5 Å². The van der Waals surface area contributed by atoms with Crippen LogP contribution in [0.5, 0.6) is 0 Å². The standard InChI is InChI=1S/C13H14ClF3O/c14-8-10-4-2-6-18-12(10)9-3-1-5-11(7-9)13(15,16)17/h1,3,5,7,10,12H,2,4,6,8H2/t10-,12+/m0/s1. The van der Waals surface area contributed by atoms with E-state index in [9.17, 15) is 13.2 Å². The molecule has 0 radical (unpaired) electrons. The largest absolute Gasteiger partial charge is 0.416 e. The molecule has 0 saturated carbocycles. The van der Waals surface area contributed by atoms with Gasteiger partial charge in [-0.05, 0) is 30.5 Å². The Morgan fingerprint density at radius 3 is 2.78 bits per heavy atom. The summed E-state index contributed by atoms with van der Waals surface area (Å²) in [6, 6.07) is 5.32. The van der Waals surface area contributed by atoms with Gasteiger partial charge in [0, 0.05) is 18.4 Å². The summed E-state index contributed by atoms with van der Waals surface area (Å²) >= 11 is 5.85. The van der Waals surface area contributed by atoms with Crippen molar-refractivity contribution in [3.8, 4) is 0 Å². The molecule has 1 heterocycles. The van der Waals surface area contributed by atoms with Crippen LogP contribution >= 0.6 is 11.6 Å². The topological polar surface area (TPSA) is 9.23 Å². The van der Waals surface area contributed by atoms with E-state index in [1.54, 1.807) is 6.07 Å². The van der Waals surface area contributed by atoms with Crippen LogP contribution in [0.1, 0.15) is 30.1 Å². The fourth-order valence-corrected chi connectivity index (χ4v) is 2.58. The second kappa shape index (κ2) is 5.49. The molecule has 1 nitrogen and oxygen atoms in total. The summed E-state index contributed by atoms with van der Waals surface area (Å²) in [6.45, 7) is 0.578. The van der Waals surface area contributed by atoms with Gasteiger partial charge in [0.05, 0.1) is 11.7 Å². The van der Waals surface area contributed by atoms with Gasteiger partial charge in [0.15, 0.2) is 0 Å². The van der Waals surface area contributed by atoms with Crippen molar-refractivity contribution >= 4 is 11.6 Å². The lowest BCUT2D eigenvalue weighted by Crippen LogP contribution is -2.24. The van der Waals surface area contributed by atoms with E-state index < -0.39 is 11.7 Å². The van der Waals surface area contributed by atoms with E-state index in [1.807, 2.05) is 0 Å². The van der Waals surface area contributed by atoms with E-state index in [2.05, 4.69) is 0 Å². The van der Waals surface area contributed by atoms with Crippen molar-refractivity contribution in [3.05, 3.63) is 35.4 Å². The second-order valence-electron chi connectivity index (χ2n) is 4.47. The molecule has 1 aromatic carbocycles. The molecule has 100 valence electrons. The van der Waals surface area contributed by atoms with Crippen LogP contribution < -0.4 is 0 Å². The summed E-state index contributed by atoms with van der Waals surface area (Å²) in [7, 11) is 0. The van der Waals surface area contributed by atoms with Gasteiger partial charge in [0.25, 0.3) is 0 Å². The average molecular weight is 279 g/mol. The maximum Gasteiger partial charge on any atom is 0.416 e. The fourth-order valence-electron chi connectivity index (χ4n) is 2.26. The van der Waals surface area contributed by atoms with Gasteiger partial charge in [-0.2, -0.15) is 13.2 Å². The van der Waals surface area contributed by atoms with E-state index in [-0.39, 0.29) is 12.0 Å². The predicted molar refractivity (Wildman–Crippen MR) is 63.6 cm³/mol. The number of benzene rings is 1. The van der Waals surface area contributed by atoms with Crippen LogP contribution in [0.3, 0.4) is 0 Å². The first kappa shape index (κ1) is 13.7. The second-order valence-corrected chi connectivity index (χ2v) is 4.78. The smallest absolute Gasteiger partial charge is 0.373 e. The Balaban J connectivity index is 2.27. The van der Waals surface area contributed by atoms with Crippen molar-refractivity contribution in [1.82, 2.24) is 0 Å². The molecule has 0 bridgehead atoms. The molecule has 1 saturated heterocycles. The summed E-state index contributed by atoms with van der Waals surface area (Å²) < 4.78 is 43.5. The van der Waals surface area contributed by atoms with Crippen molar-refractivity contribution in [2.24, 2.45) is 5.92 Å². The predicted octanol–water partition coefficient (Wildman–Crippen LogP) is 4.41. The molecule has 0 N–H and O–H groups in total. The van der Waals surface area contributed by atoms with Crippen molar-refractivity contribution in [3.63, 3.8) is 0 Å². The molecule has 0 unspecified atom stereocenters. The van der Waals surface area contributed by atoms with Gasteiger partial charge in [-0.3, -0.25) is 0 Å². The summed E-state index contributed by atoms with van der Waals surface area (Å²) in [5.74, 6) is 0.491. The fraction of sp³-hybridized carbons (Fsp3) is 0.538. The molecule has 1 aliphatic heterocycles. The number of halogens is 4. The van der Waals surface area contributed by atoms with E-state index in [4.69, 9.17) is 16.3 Å². The number of hydrogen-bond acceptors (Lipinski definition) is 1. The van der Waals surface area contributed by atoms with E-state index in [0.29, 0.717) is 18.1 Å². The number of alkyl halides is 4. The molecule has 0 aromatic heterocycles. The van der Waals surface area contributed by atoms with Gasteiger partial charge in [-0.1, -0.05) is 12.1 Å². The Hall–Kier alpha value is -0.740. The quantitative estimate of drug-likeness (QED) is 0.728. The highest BCUT2D eigenvalue weighted by Gasteiger charge is 2.33. The van der Waals surface area contributed by atoms with Crippen LogP contribution in [0.25, 0.3) is 0 Å². The molecular formula is C13H14ClF3O. The summed E-state index contributed by atoms with van der Waals surface area (Å²) in [5, 5.41) is 0. The third kappa shape index (κ3) is 2.98. The molecule has 2 atom stereocenters. The van der Waals surface area contributed by atoms with Crippen LogP contribution in [0.2, 0.25) is 0 Å². The highest BCUT2D eigenvalue weighted by Crippen LogP contribution is 2.37. The monoisotopic (exact) mass is 278 g/mol. The van der Waals surface area contributed by atoms with Gasteiger partial charge in [-0.25, -0.2) is 0 Å². The molecule has 0 amide bonds. The number of rotatable bonds is 2. The normalized spacial score (nSPS) is 25.1. The molecule has 1 aromatic rings. The van der Waals surface area contributed by atoms with Crippen LogP contribution in [0.15, 0.2) is 24.3 Å². The maximum absolute atomic E-state index is 12.6. The SMILES string of the molecule is FC(F)(F)c1cccc([C@H]2OCCC[C@H]2CCl)c1.